The smallest absolute Gasteiger partial charge is 0.224 e. The molecule has 1 aliphatic carbocycles. The van der Waals surface area contributed by atoms with Gasteiger partial charge >= 0.3 is 0 Å². The average molecular weight is 478 g/mol. The summed E-state index contributed by atoms with van der Waals surface area (Å²) in [6, 6.07) is 6.97. The maximum absolute atomic E-state index is 4.87. The summed E-state index contributed by atoms with van der Waals surface area (Å²) in [6.07, 6.45) is 17.8. The highest BCUT2D eigenvalue weighted by atomic mass is 15.2. The third-order valence-corrected chi connectivity index (χ3v) is 8.34. The normalized spacial score (nSPS) is 25.0. The molecule has 3 N–H and O–H groups in total. The van der Waals surface area contributed by atoms with Crippen LogP contribution in [0.5, 0.6) is 0 Å². The molecule has 2 unspecified atom stereocenters. The van der Waals surface area contributed by atoms with Gasteiger partial charge in [-0.05, 0) is 63.6 Å². The Hall–Kier alpha value is -2.25. The van der Waals surface area contributed by atoms with Crippen LogP contribution in [0.1, 0.15) is 83.1 Å². The topological polar surface area (TPSA) is 78.0 Å². The van der Waals surface area contributed by atoms with Crippen LogP contribution < -0.4 is 16.0 Å². The van der Waals surface area contributed by atoms with E-state index in [0.29, 0.717) is 18.0 Å². The standard InChI is InChI=1S/C28H43N7/c1-3-4-14-29-28-32-19-25(27(34-28)33-21-8-6-5-7-9-21)26-13-10-20(18-31-26)17-30-22-15-23-11-12-24(16-22)35(23)2/h10,13,18-19,21-24,30H,3-9,11-12,14-17H2,1-2H3,(H2,29,32,33,34). The predicted octanol–water partition coefficient (Wildman–Crippen LogP) is 5.21. The molecule has 35 heavy (non-hydrogen) atoms. The van der Waals surface area contributed by atoms with Crippen molar-refractivity contribution in [2.75, 3.05) is 24.2 Å². The summed E-state index contributed by atoms with van der Waals surface area (Å²) in [5.74, 6) is 1.61. The fourth-order valence-electron chi connectivity index (χ4n) is 6.11. The zero-order chi connectivity index (χ0) is 24.0. The number of anilines is 2. The largest absolute Gasteiger partial charge is 0.367 e. The van der Waals surface area contributed by atoms with E-state index >= 15 is 0 Å². The molecule has 2 atom stereocenters. The molecule has 2 saturated heterocycles. The number of hydrogen-bond donors (Lipinski definition) is 3. The predicted molar refractivity (Wildman–Crippen MR) is 144 cm³/mol. The van der Waals surface area contributed by atoms with Gasteiger partial charge in [0.25, 0.3) is 0 Å². The Kier molecular flexibility index (Phi) is 8.14. The number of aromatic nitrogens is 3. The lowest BCUT2D eigenvalue weighted by Gasteiger charge is -2.36. The molecular weight excluding hydrogens is 434 g/mol. The van der Waals surface area contributed by atoms with Crippen LogP contribution in [-0.2, 0) is 6.54 Å². The van der Waals surface area contributed by atoms with E-state index in [4.69, 9.17) is 9.97 Å². The lowest BCUT2D eigenvalue weighted by Crippen LogP contribution is -2.46. The van der Waals surface area contributed by atoms with Crippen molar-refractivity contribution in [3.8, 4) is 11.3 Å². The second kappa shape index (κ2) is 11.7. The van der Waals surface area contributed by atoms with Gasteiger partial charge in [0.2, 0.25) is 5.95 Å². The Morgan fingerprint density at radius 3 is 2.46 bits per heavy atom. The van der Waals surface area contributed by atoms with Crippen molar-refractivity contribution in [3.63, 3.8) is 0 Å². The number of pyridine rings is 1. The number of piperidine rings is 1. The van der Waals surface area contributed by atoms with Crippen LogP contribution in [0.4, 0.5) is 11.8 Å². The maximum atomic E-state index is 4.87. The lowest BCUT2D eigenvalue weighted by molar-refractivity contribution is 0.148. The maximum Gasteiger partial charge on any atom is 0.224 e. The van der Waals surface area contributed by atoms with Gasteiger partial charge in [-0.3, -0.25) is 4.98 Å². The van der Waals surface area contributed by atoms with E-state index in [1.54, 1.807) is 0 Å². The van der Waals surface area contributed by atoms with Gasteiger partial charge in [0.15, 0.2) is 0 Å². The molecule has 2 bridgehead atoms. The second-order valence-corrected chi connectivity index (χ2v) is 10.9. The summed E-state index contributed by atoms with van der Waals surface area (Å²) >= 11 is 0. The number of nitrogens with one attached hydrogen (secondary N) is 3. The zero-order valence-corrected chi connectivity index (χ0v) is 21.6. The fraction of sp³-hybridized carbons (Fsp3) is 0.679. The first-order chi connectivity index (χ1) is 17.2. The monoisotopic (exact) mass is 477 g/mol. The van der Waals surface area contributed by atoms with Gasteiger partial charge < -0.3 is 20.9 Å². The second-order valence-electron chi connectivity index (χ2n) is 10.9. The molecule has 5 rings (SSSR count). The summed E-state index contributed by atoms with van der Waals surface area (Å²) < 4.78 is 0. The molecule has 0 radical (unpaired) electrons. The van der Waals surface area contributed by atoms with Gasteiger partial charge in [0.05, 0.1) is 11.3 Å². The molecule has 0 amide bonds. The van der Waals surface area contributed by atoms with Crippen LogP contribution in [0, 0.1) is 0 Å². The van der Waals surface area contributed by atoms with E-state index in [1.807, 2.05) is 12.4 Å². The molecule has 3 fully saturated rings. The van der Waals surface area contributed by atoms with Crippen LogP contribution in [0.2, 0.25) is 0 Å². The summed E-state index contributed by atoms with van der Waals surface area (Å²) in [6.45, 7) is 3.98. The van der Waals surface area contributed by atoms with Crippen LogP contribution in [0.25, 0.3) is 11.3 Å². The summed E-state index contributed by atoms with van der Waals surface area (Å²) in [4.78, 5) is 16.9. The number of unbranched alkanes of at least 4 members (excludes halogenated alkanes) is 1. The van der Waals surface area contributed by atoms with E-state index in [2.05, 4.69) is 51.9 Å². The molecule has 0 spiro atoms. The van der Waals surface area contributed by atoms with Crippen molar-refractivity contribution in [2.24, 2.45) is 0 Å². The van der Waals surface area contributed by atoms with Crippen LogP contribution in [0.15, 0.2) is 24.5 Å². The van der Waals surface area contributed by atoms with E-state index in [-0.39, 0.29) is 0 Å². The van der Waals surface area contributed by atoms with E-state index in [9.17, 15) is 0 Å². The number of fused-ring (bicyclic) bond motifs is 2. The third kappa shape index (κ3) is 6.12. The molecule has 3 aliphatic rings. The molecule has 4 heterocycles. The molecule has 1 saturated carbocycles. The molecule has 7 nitrogen and oxygen atoms in total. The number of hydrogen-bond acceptors (Lipinski definition) is 7. The molecule has 7 heteroatoms. The first-order valence-electron chi connectivity index (χ1n) is 14.0. The number of rotatable bonds is 10. The minimum absolute atomic E-state index is 0.481. The fourth-order valence-corrected chi connectivity index (χ4v) is 6.11. The molecule has 2 aromatic rings. The summed E-state index contributed by atoms with van der Waals surface area (Å²) in [5.41, 5.74) is 3.16. The quantitative estimate of drug-likeness (QED) is 0.405. The third-order valence-electron chi connectivity index (χ3n) is 8.34. The minimum atomic E-state index is 0.481. The highest BCUT2D eigenvalue weighted by molar-refractivity contribution is 5.72. The van der Waals surface area contributed by atoms with Crippen LogP contribution >= 0.6 is 0 Å². The Morgan fingerprint density at radius 1 is 0.943 bits per heavy atom. The highest BCUT2D eigenvalue weighted by Gasteiger charge is 2.38. The molecule has 0 aromatic carbocycles. The Morgan fingerprint density at radius 2 is 1.74 bits per heavy atom. The van der Waals surface area contributed by atoms with Gasteiger partial charge in [-0.1, -0.05) is 38.7 Å². The Balaban J connectivity index is 1.25. The van der Waals surface area contributed by atoms with E-state index in [1.165, 1.54) is 63.4 Å². The van der Waals surface area contributed by atoms with Crippen LogP contribution in [0.3, 0.4) is 0 Å². The first kappa shape index (κ1) is 24.4. The van der Waals surface area contributed by atoms with Gasteiger partial charge in [-0.2, -0.15) is 4.98 Å². The Labute approximate surface area is 210 Å². The highest BCUT2D eigenvalue weighted by Crippen LogP contribution is 2.34. The van der Waals surface area contributed by atoms with Gasteiger partial charge in [0.1, 0.15) is 5.82 Å². The SMILES string of the molecule is CCCCNc1ncc(-c2ccc(CNC3CC4CCC(C3)N4C)cn2)c(NC2CCCCC2)n1. The van der Waals surface area contributed by atoms with Crippen molar-refractivity contribution < 1.29 is 0 Å². The van der Waals surface area contributed by atoms with E-state index < -0.39 is 0 Å². The average Bonchev–Trinajstić information content (AvgIpc) is 3.09. The molecule has 2 aromatic heterocycles. The van der Waals surface area contributed by atoms with Crippen molar-refractivity contribution in [1.82, 2.24) is 25.2 Å². The minimum Gasteiger partial charge on any atom is -0.367 e. The van der Waals surface area contributed by atoms with E-state index in [0.717, 1.165) is 55.1 Å². The molecule has 190 valence electrons. The zero-order valence-electron chi connectivity index (χ0n) is 21.6. The summed E-state index contributed by atoms with van der Waals surface area (Å²) in [7, 11) is 2.30. The van der Waals surface area contributed by atoms with Crippen molar-refractivity contribution in [2.45, 2.75) is 108 Å². The molecular formula is C28H43N7. The van der Waals surface area contributed by atoms with Crippen molar-refractivity contribution in [3.05, 3.63) is 30.1 Å². The Bertz CT molecular complexity index is 927. The summed E-state index contributed by atoms with van der Waals surface area (Å²) in [5, 5.41) is 10.9. The van der Waals surface area contributed by atoms with Gasteiger partial charge in [-0.15, -0.1) is 0 Å². The molecule has 2 aliphatic heterocycles. The van der Waals surface area contributed by atoms with Gasteiger partial charge in [-0.25, -0.2) is 4.98 Å². The van der Waals surface area contributed by atoms with Crippen molar-refractivity contribution in [1.29, 1.82) is 0 Å². The van der Waals surface area contributed by atoms with Crippen LogP contribution in [-0.4, -0.2) is 57.6 Å². The lowest BCUT2D eigenvalue weighted by atomic mass is 9.95. The number of nitrogens with zero attached hydrogens (tertiary/aromatic N) is 4. The van der Waals surface area contributed by atoms with Crippen molar-refractivity contribution >= 4 is 11.8 Å². The first-order valence-corrected chi connectivity index (χ1v) is 14.0. The van der Waals surface area contributed by atoms with Gasteiger partial charge in [0, 0.05) is 49.7 Å².